The number of benzene rings is 1. The Labute approximate surface area is 175 Å². The van der Waals surface area contributed by atoms with E-state index in [2.05, 4.69) is 37.5 Å². The molecule has 1 aromatic carbocycles. The molecule has 1 fully saturated rings. The van der Waals surface area contributed by atoms with Gasteiger partial charge in [0.05, 0.1) is 21.5 Å². The molecule has 29 heavy (non-hydrogen) atoms. The number of aliphatic hydroxyl groups excluding tert-OH is 1. The van der Waals surface area contributed by atoms with Gasteiger partial charge in [0.1, 0.15) is 10.8 Å². The lowest BCUT2D eigenvalue weighted by Gasteiger charge is -2.21. The minimum absolute atomic E-state index is 0.246. The number of thiazole rings is 1. The van der Waals surface area contributed by atoms with Gasteiger partial charge in [0, 0.05) is 18.7 Å². The number of nitrogens with zero attached hydrogens (tertiary/aromatic N) is 3. The van der Waals surface area contributed by atoms with Crippen LogP contribution >= 0.6 is 11.3 Å². The molecule has 0 saturated heterocycles. The van der Waals surface area contributed by atoms with E-state index in [4.69, 9.17) is 15.0 Å². The second-order valence-corrected chi connectivity index (χ2v) is 9.42. The molecule has 154 valence electrons. The van der Waals surface area contributed by atoms with Crippen molar-refractivity contribution < 1.29 is 5.11 Å². The van der Waals surface area contributed by atoms with E-state index in [1.54, 1.807) is 11.3 Å². The highest BCUT2D eigenvalue weighted by Crippen LogP contribution is 2.39. The lowest BCUT2D eigenvalue weighted by Crippen LogP contribution is -2.24. The molecular weight excluding hydrogens is 382 g/mol. The highest BCUT2D eigenvalue weighted by Gasteiger charge is 2.32. The summed E-state index contributed by atoms with van der Waals surface area (Å²) in [5.41, 5.74) is 2.88. The van der Waals surface area contributed by atoms with Crippen molar-refractivity contribution in [3.05, 3.63) is 30.0 Å². The number of rotatable bonds is 6. The molecule has 1 saturated carbocycles. The third-order valence-electron chi connectivity index (χ3n) is 5.58. The number of para-hydroxylation sites is 1. The number of nitrogens with one attached hydrogen (secondary N) is 2. The molecule has 0 radical (unpaired) electrons. The molecule has 0 spiro atoms. The Kier molecular flexibility index (Phi) is 5.69. The van der Waals surface area contributed by atoms with Crippen molar-refractivity contribution in [2.24, 2.45) is 11.8 Å². The number of fused-ring (bicyclic) bond motifs is 1. The van der Waals surface area contributed by atoms with Crippen LogP contribution in [-0.2, 0) is 0 Å². The van der Waals surface area contributed by atoms with Crippen LogP contribution in [0, 0.1) is 18.8 Å². The van der Waals surface area contributed by atoms with E-state index in [0.29, 0.717) is 17.8 Å². The average molecular weight is 412 g/mol. The van der Waals surface area contributed by atoms with Crippen LogP contribution in [0.1, 0.15) is 39.3 Å². The van der Waals surface area contributed by atoms with Gasteiger partial charge in [-0.15, -0.1) is 11.3 Å². The first kappa shape index (κ1) is 20.0. The molecular formula is C22H29N5OS. The molecule has 1 aliphatic rings. The molecule has 2 heterocycles. The number of anilines is 2. The van der Waals surface area contributed by atoms with Crippen LogP contribution in [0.3, 0.4) is 0 Å². The summed E-state index contributed by atoms with van der Waals surface area (Å²) >= 11 is 1.67. The number of hydrogen-bond donors (Lipinski definition) is 3. The van der Waals surface area contributed by atoms with Gasteiger partial charge < -0.3 is 15.7 Å². The Morgan fingerprint density at radius 1 is 1.17 bits per heavy atom. The average Bonchev–Trinajstić information content (AvgIpc) is 3.24. The Morgan fingerprint density at radius 2 is 1.97 bits per heavy atom. The van der Waals surface area contributed by atoms with Crippen molar-refractivity contribution in [2.45, 2.75) is 52.6 Å². The predicted octanol–water partition coefficient (Wildman–Crippen LogP) is 4.70. The second kappa shape index (κ2) is 8.24. The highest BCUT2D eigenvalue weighted by atomic mass is 32.1. The highest BCUT2D eigenvalue weighted by molar-refractivity contribution is 7.21. The van der Waals surface area contributed by atoms with Crippen LogP contribution in [0.15, 0.2) is 24.3 Å². The van der Waals surface area contributed by atoms with E-state index in [1.165, 1.54) is 0 Å². The number of hydrogen-bond acceptors (Lipinski definition) is 7. The van der Waals surface area contributed by atoms with Gasteiger partial charge in [-0.2, -0.15) is 4.98 Å². The van der Waals surface area contributed by atoms with Crippen molar-refractivity contribution in [2.75, 3.05) is 17.2 Å². The topological polar surface area (TPSA) is 83.0 Å². The molecule has 6 nitrogen and oxygen atoms in total. The fraction of sp³-hybridized carbons (Fsp3) is 0.500. The van der Waals surface area contributed by atoms with E-state index in [1.807, 2.05) is 25.1 Å². The van der Waals surface area contributed by atoms with Gasteiger partial charge >= 0.3 is 0 Å². The Morgan fingerprint density at radius 3 is 2.66 bits per heavy atom. The fourth-order valence-corrected chi connectivity index (χ4v) is 5.20. The van der Waals surface area contributed by atoms with Gasteiger partial charge in [0.25, 0.3) is 0 Å². The zero-order valence-electron chi connectivity index (χ0n) is 17.4. The molecule has 2 aromatic heterocycles. The van der Waals surface area contributed by atoms with Gasteiger partial charge in [-0.3, -0.25) is 0 Å². The maximum Gasteiger partial charge on any atom is 0.225 e. The lowest BCUT2D eigenvalue weighted by molar-refractivity contribution is 0.226. The Balaban J connectivity index is 1.76. The van der Waals surface area contributed by atoms with Crippen molar-refractivity contribution >= 4 is 33.3 Å². The minimum Gasteiger partial charge on any atom is -0.396 e. The van der Waals surface area contributed by atoms with Crippen LogP contribution in [0.5, 0.6) is 0 Å². The van der Waals surface area contributed by atoms with Crippen molar-refractivity contribution in [1.82, 2.24) is 15.0 Å². The summed E-state index contributed by atoms with van der Waals surface area (Å²) in [5, 5.41) is 17.5. The van der Waals surface area contributed by atoms with Crippen LogP contribution in [0.2, 0.25) is 0 Å². The molecule has 3 aromatic rings. The van der Waals surface area contributed by atoms with Crippen LogP contribution in [-0.4, -0.2) is 38.7 Å². The maximum atomic E-state index is 9.60. The van der Waals surface area contributed by atoms with Gasteiger partial charge in [-0.05, 0) is 57.6 Å². The van der Waals surface area contributed by atoms with Crippen molar-refractivity contribution in [3.63, 3.8) is 0 Å². The zero-order chi connectivity index (χ0) is 20.5. The zero-order valence-corrected chi connectivity index (χ0v) is 18.3. The minimum atomic E-state index is 0.246. The van der Waals surface area contributed by atoms with E-state index in [-0.39, 0.29) is 18.7 Å². The normalized spacial score (nSPS) is 21.8. The first-order chi connectivity index (χ1) is 13.9. The molecule has 4 rings (SSSR count). The predicted molar refractivity (Wildman–Crippen MR) is 121 cm³/mol. The molecule has 0 amide bonds. The lowest BCUT2D eigenvalue weighted by atomic mass is 10.1. The molecule has 3 N–H and O–H groups in total. The summed E-state index contributed by atoms with van der Waals surface area (Å²) in [4.78, 5) is 14.4. The van der Waals surface area contributed by atoms with Crippen molar-refractivity contribution in [3.8, 4) is 10.6 Å². The van der Waals surface area contributed by atoms with Gasteiger partial charge in [0.15, 0.2) is 0 Å². The largest absolute Gasteiger partial charge is 0.396 e. The molecule has 0 aliphatic heterocycles. The van der Waals surface area contributed by atoms with Crippen LogP contribution in [0.4, 0.5) is 11.8 Å². The van der Waals surface area contributed by atoms with E-state index >= 15 is 0 Å². The number of aryl methyl sites for hydroxylation is 1. The van der Waals surface area contributed by atoms with E-state index < -0.39 is 0 Å². The first-order valence-electron chi connectivity index (χ1n) is 10.3. The number of aromatic nitrogens is 3. The van der Waals surface area contributed by atoms with E-state index in [9.17, 15) is 5.11 Å². The number of aliphatic hydroxyl groups is 1. The summed E-state index contributed by atoms with van der Waals surface area (Å²) in [6, 6.07) is 8.72. The Hall–Kier alpha value is -2.25. The SMILES string of the molecule is Cc1nc(NC(C)C)nc(N[C@@H]2C[C@H](CO)C[C@H]2C)c1-c1nc2ccccc2s1. The summed E-state index contributed by atoms with van der Waals surface area (Å²) in [6.45, 7) is 8.67. The molecule has 0 bridgehead atoms. The maximum absolute atomic E-state index is 9.60. The van der Waals surface area contributed by atoms with E-state index in [0.717, 1.165) is 45.1 Å². The summed E-state index contributed by atoms with van der Waals surface area (Å²) in [6.07, 6.45) is 1.98. The molecule has 3 atom stereocenters. The van der Waals surface area contributed by atoms with Gasteiger partial charge in [0.2, 0.25) is 5.95 Å². The van der Waals surface area contributed by atoms with Crippen molar-refractivity contribution in [1.29, 1.82) is 0 Å². The second-order valence-electron chi connectivity index (χ2n) is 8.39. The molecule has 1 aliphatic carbocycles. The fourth-order valence-electron chi connectivity index (χ4n) is 4.14. The third-order valence-corrected chi connectivity index (χ3v) is 6.63. The smallest absolute Gasteiger partial charge is 0.225 e. The first-order valence-corrected chi connectivity index (χ1v) is 11.1. The summed E-state index contributed by atoms with van der Waals surface area (Å²) < 4.78 is 1.16. The summed E-state index contributed by atoms with van der Waals surface area (Å²) in [5.74, 6) is 2.29. The van der Waals surface area contributed by atoms with Gasteiger partial charge in [-0.25, -0.2) is 9.97 Å². The van der Waals surface area contributed by atoms with Crippen LogP contribution < -0.4 is 10.6 Å². The monoisotopic (exact) mass is 411 g/mol. The Bertz CT molecular complexity index is 969. The molecule has 0 unspecified atom stereocenters. The van der Waals surface area contributed by atoms with Crippen LogP contribution in [0.25, 0.3) is 20.8 Å². The molecule has 7 heteroatoms. The summed E-state index contributed by atoms with van der Waals surface area (Å²) in [7, 11) is 0. The third kappa shape index (κ3) is 4.21. The quantitative estimate of drug-likeness (QED) is 0.545. The van der Waals surface area contributed by atoms with Gasteiger partial charge in [-0.1, -0.05) is 19.1 Å². The standard InChI is InChI=1S/C22H29N5OS/c1-12(2)23-22-24-14(4)19(21-26-16-7-5-6-8-18(16)29-21)20(27-22)25-17-10-15(11-28)9-13(17)3/h5-8,12-13,15,17,28H,9-11H2,1-4H3,(H2,23,24,25,27)/t13-,15-,17-/m1/s1.